The van der Waals surface area contributed by atoms with Crippen molar-refractivity contribution < 1.29 is 9.59 Å². The number of rotatable bonds is 7. The molecular formula is C14H20N2O2. The van der Waals surface area contributed by atoms with Gasteiger partial charge >= 0.3 is 0 Å². The van der Waals surface area contributed by atoms with Crippen molar-refractivity contribution in [2.24, 2.45) is 5.73 Å². The summed E-state index contributed by atoms with van der Waals surface area (Å²) < 4.78 is 0. The van der Waals surface area contributed by atoms with Gasteiger partial charge in [-0.25, -0.2) is 0 Å². The van der Waals surface area contributed by atoms with E-state index in [-0.39, 0.29) is 0 Å². The largest absolute Gasteiger partial charge is 0.368 e. The maximum Gasteiger partial charge on any atom is 0.239 e. The van der Waals surface area contributed by atoms with Crippen LogP contribution in [0, 0.1) is 13.8 Å². The fourth-order valence-corrected chi connectivity index (χ4v) is 2.11. The molecule has 0 saturated carbocycles. The lowest BCUT2D eigenvalue weighted by molar-refractivity contribution is -0.122. The van der Waals surface area contributed by atoms with Crippen molar-refractivity contribution >= 4 is 12.3 Å². The summed E-state index contributed by atoms with van der Waals surface area (Å²) in [7, 11) is 0. The van der Waals surface area contributed by atoms with E-state index < -0.39 is 11.9 Å². The van der Waals surface area contributed by atoms with E-state index in [0.717, 1.165) is 12.8 Å². The maximum absolute atomic E-state index is 11.0. The molecule has 0 radical (unpaired) electrons. The van der Waals surface area contributed by atoms with Gasteiger partial charge in [0.1, 0.15) is 6.04 Å². The first-order valence-electron chi connectivity index (χ1n) is 6.09. The third-order valence-electron chi connectivity index (χ3n) is 2.85. The molecule has 0 saturated heterocycles. The standard InChI is InChI=1S/C14H20N2O2/c1-10-6-11(2)8-12(7-10)4-3-5-13(14(15)18)16-9-17/h6-9,13H,3-5H2,1-2H3,(H2,15,18)(H,16,17)/t13-/m0/s1. The van der Waals surface area contributed by atoms with Gasteiger partial charge < -0.3 is 11.1 Å². The molecule has 1 aromatic carbocycles. The summed E-state index contributed by atoms with van der Waals surface area (Å²) >= 11 is 0. The molecule has 1 aromatic rings. The second-order valence-corrected chi connectivity index (χ2v) is 4.63. The summed E-state index contributed by atoms with van der Waals surface area (Å²) in [5.74, 6) is -0.484. The molecule has 0 unspecified atom stereocenters. The van der Waals surface area contributed by atoms with Gasteiger partial charge in [-0.3, -0.25) is 9.59 Å². The van der Waals surface area contributed by atoms with Crippen molar-refractivity contribution in [2.45, 2.75) is 39.2 Å². The number of amides is 2. The van der Waals surface area contributed by atoms with Crippen molar-refractivity contribution in [1.82, 2.24) is 5.32 Å². The first kappa shape index (κ1) is 14.2. The molecule has 0 bridgehead atoms. The average molecular weight is 248 g/mol. The number of aryl methyl sites for hydroxylation is 3. The van der Waals surface area contributed by atoms with Crippen LogP contribution in [0.2, 0.25) is 0 Å². The number of benzene rings is 1. The van der Waals surface area contributed by atoms with Crippen LogP contribution in [0.1, 0.15) is 29.5 Å². The molecule has 0 fully saturated rings. The van der Waals surface area contributed by atoms with E-state index in [2.05, 4.69) is 37.4 Å². The van der Waals surface area contributed by atoms with Crippen LogP contribution in [0.5, 0.6) is 0 Å². The Morgan fingerprint density at radius 3 is 2.44 bits per heavy atom. The van der Waals surface area contributed by atoms with Crippen LogP contribution >= 0.6 is 0 Å². The summed E-state index contributed by atoms with van der Waals surface area (Å²) in [5, 5.41) is 2.44. The number of nitrogens with one attached hydrogen (secondary N) is 1. The highest BCUT2D eigenvalue weighted by molar-refractivity contribution is 5.81. The monoisotopic (exact) mass is 248 g/mol. The number of hydrogen-bond acceptors (Lipinski definition) is 2. The third-order valence-corrected chi connectivity index (χ3v) is 2.85. The maximum atomic E-state index is 11.0. The molecular weight excluding hydrogens is 228 g/mol. The summed E-state index contributed by atoms with van der Waals surface area (Å²) in [5.41, 5.74) is 8.92. The van der Waals surface area contributed by atoms with E-state index in [0.29, 0.717) is 12.8 Å². The van der Waals surface area contributed by atoms with Gasteiger partial charge in [0, 0.05) is 0 Å². The van der Waals surface area contributed by atoms with Gasteiger partial charge in [0.2, 0.25) is 12.3 Å². The predicted molar refractivity (Wildman–Crippen MR) is 71.0 cm³/mol. The lowest BCUT2D eigenvalue weighted by Gasteiger charge is -2.12. The first-order valence-corrected chi connectivity index (χ1v) is 6.09. The molecule has 1 rings (SSSR count). The zero-order valence-electron chi connectivity index (χ0n) is 10.9. The molecule has 0 aliphatic heterocycles. The topological polar surface area (TPSA) is 72.2 Å². The van der Waals surface area contributed by atoms with Gasteiger partial charge in [-0.15, -0.1) is 0 Å². The highest BCUT2D eigenvalue weighted by atomic mass is 16.2. The minimum absolute atomic E-state index is 0.484. The zero-order chi connectivity index (χ0) is 13.5. The van der Waals surface area contributed by atoms with E-state index in [1.165, 1.54) is 16.7 Å². The lowest BCUT2D eigenvalue weighted by Crippen LogP contribution is -2.40. The van der Waals surface area contributed by atoms with Crippen molar-refractivity contribution in [3.63, 3.8) is 0 Å². The predicted octanol–water partition coefficient (Wildman–Crippen LogP) is 1.23. The van der Waals surface area contributed by atoms with E-state index in [1.54, 1.807) is 0 Å². The van der Waals surface area contributed by atoms with Crippen LogP contribution in [0.25, 0.3) is 0 Å². The smallest absolute Gasteiger partial charge is 0.239 e. The Bertz CT molecular complexity index is 410. The molecule has 1 atom stereocenters. The van der Waals surface area contributed by atoms with Crippen molar-refractivity contribution in [3.05, 3.63) is 34.9 Å². The number of nitrogens with two attached hydrogens (primary N) is 1. The average Bonchev–Trinajstić information content (AvgIpc) is 2.26. The van der Waals surface area contributed by atoms with Crippen LogP contribution in [-0.4, -0.2) is 18.4 Å². The SMILES string of the molecule is Cc1cc(C)cc(CCC[C@H](NC=O)C(N)=O)c1. The number of carbonyl (C=O) groups is 2. The molecule has 3 N–H and O–H groups in total. The zero-order valence-corrected chi connectivity index (χ0v) is 10.9. The van der Waals surface area contributed by atoms with Crippen LogP contribution < -0.4 is 11.1 Å². The normalized spacial score (nSPS) is 11.9. The quantitative estimate of drug-likeness (QED) is 0.712. The van der Waals surface area contributed by atoms with Gasteiger partial charge in [-0.2, -0.15) is 0 Å². The molecule has 4 nitrogen and oxygen atoms in total. The van der Waals surface area contributed by atoms with Gasteiger partial charge in [-0.1, -0.05) is 29.3 Å². The number of hydrogen-bond donors (Lipinski definition) is 2. The molecule has 0 aliphatic rings. The molecule has 0 aromatic heterocycles. The van der Waals surface area contributed by atoms with E-state index in [1.807, 2.05) is 0 Å². The van der Waals surface area contributed by atoms with Crippen LogP contribution in [0.3, 0.4) is 0 Å². The van der Waals surface area contributed by atoms with Crippen molar-refractivity contribution in [1.29, 1.82) is 0 Å². The lowest BCUT2D eigenvalue weighted by atomic mass is 10.0. The Hall–Kier alpha value is -1.84. The van der Waals surface area contributed by atoms with Gasteiger partial charge in [0.25, 0.3) is 0 Å². The van der Waals surface area contributed by atoms with Crippen molar-refractivity contribution in [2.75, 3.05) is 0 Å². The van der Waals surface area contributed by atoms with E-state index in [4.69, 9.17) is 5.73 Å². The summed E-state index contributed by atoms with van der Waals surface area (Å²) in [4.78, 5) is 21.4. The third kappa shape index (κ3) is 4.57. The fraction of sp³-hybridized carbons (Fsp3) is 0.429. The summed E-state index contributed by atoms with van der Waals surface area (Å²) in [6.07, 6.45) is 2.79. The molecule has 2 amide bonds. The van der Waals surface area contributed by atoms with E-state index >= 15 is 0 Å². The van der Waals surface area contributed by atoms with E-state index in [9.17, 15) is 9.59 Å². The number of primary amides is 1. The van der Waals surface area contributed by atoms with Crippen LogP contribution in [0.4, 0.5) is 0 Å². The van der Waals surface area contributed by atoms with Crippen molar-refractivity contribution in [3.8, 4) is 0 Å². The Morgan fingerprint density at radius 2 is 1.94 bits per heavy atom. The molecule has 4 heteroatoms. The fourth-order valence-electron chi connectivity index (χ4n) is 2.11. The Balaban J connectivity index is 2.49. The van der Waals surface area contributed by atoms with Gasteiger partial charge in [-0.05, 0) is 38.7 Å². The molecule has 0 heterocycles. The highest BCUT2D eigenvalue weighted by Gasteiger charge is 2.13. The minimum Gasteiger partial charge on any atom is -0.368 e. The molecule has 0 spiro atoms. The Morgan fingerprint density at radius 1 is 1.33 bits per heavy atom. The molecule has 18 heavy (non-hydrogen) atoms. The summed E-state index contributed by atoms with van der Waals surface area (Å²) in [6, 6.07) is 5.84. The van der Waals surface area contributed by atoms with Gasteiger partial charge in [0.15, 0.2) is 0 Å². The Kier molecular flexibility index (Phi) is 5.36. The Labute approximate surface area is 108 Å². The van der Waals surface area contributed by atoms with Gasteiger partial charge in [0.05, 0.1) is 0 Å². The number of carbonyl (C=O) groups excluding carboxylic acids is 2. The van der Waals surface area contributed by atoms with Crippen LogP contribution in [-0.2, 0) is 16.0 Å². The molecule has 0 aliphatic carbocycles. The van der Waals surface area contributed by atoms with Crippen LogP contribution in [0.15, 0.2) is 18.2 Å². The highest BCUT2D eigenvalue weighted by Crippen LogP contribution is 2.12. The second kappa shape index (κ2) is 6.79. The minimum atomic E-state index is -0.562. The first-order chi connectivity index (χ1) is 8.52. The molecule has 98 valence electrons. The summed E-state index contributed by atoms with van der Waals surface area (Å²) in [6.45, 7) is 4.13. The second-order valence-electron chi connectivity index (χ2n) is 4.63.